The number of aliphatic hydroxyl groups excluding tert-OH is 1. The fourth-order valence-electron chi connectivity index (χ4n) is 1.94. The Balaban J connectivity index is 2.90. The number of allylic oxidation sites excluding steroid dienone is 1. The molecule has 0 bridgehead atoms. The smallest absolute Gasteiger partial charge is 0.0612 e. The number of aliphatic hydroxyl groups is 1. The van der Waals surface area contributed by atoms with Crippen LogP contribution in [0.5, 0.6) is 0 Å². The van der Waals surface area contributed by atoms with Crippen molar-refractivity contribution in [3.63, 3.8) is 0 Å². The molecule has 0 aromatic heterocycles. The van der Waals surface area contributed by atoms with Gasteiger partial charge in [0.25, 0.3) is 0 Å². The van der Waals surface area contributed by atoms with Crippen LogP contribution in [0.25, 0.3) is 0 Å². The molecule has 0 spiro atoms. The molecule has 1 N–H and O–H groups in total. The molecular weight excluding hydrogens is 196 g/mol. The van der Waals surface area contributed by atoms with Gasteiger partial charge in [-0.15, -0.1) is 0 Å². The monoisotopic (exact) mass is 226 g/mol. The average Bonchev–Trinajstić information content (AvgIpc) is 2.31. The number of hydrogen-bond acceptors (Lipinski definition) is 1. The summed E-state index contributed by atoms with van der Waals surface area (Å²) in [6.45, 7) is 2.46. The summed E-state index contributed by atoms with van der Waals surface area (Å²) in [6, 6.07) is 0. The second-order valence-corrected chi connectivity index (χ2v) is 4.62. The fraction of sp³-hybridized carbons (Fsp3) is 0.867. The van der Waals surface area contributed by atoms with Crippen LogP contribution >= 0.6 is 0 Å². The predicted octanol–water partition coefficient (Wildman–Crippen LogP) is 4.85. The third kappa shape index (κ3) is 13.7. The van der Waals surface area contributed by atoms with Gasteiger partial charge in [0.15, 0.2) is 0 Å². The first kappa shape index (κ1) is 15.7. The molecule has 0 aliphatic heterocycles. The van der Waals surface area contributed by atoms with Gasteiger partial charge >= 0.3 is 0 Å². The SMILES string of the molecule is CCCCCCCCCCCC/C=C/CO. The number of unbranched alkanes of at least 4 members (excludes halogenated alkanes) is 10. The lowest BCUT2D eigenvalue weighted by Gasteiger charge is -2.01. The molecule has 0 radical (unpaired) electrons. The molecule has 0 rings (SSSR count). The topological polar surface area (TPSA) is 20.2 Å². The van der Waals surface area contributed by atoms with Crippen molar-refractivity contribution in [2.24, 2.45) is 0 Å². The zero-order valence-corrected chi connectivity index (χ0v) is 11.1. The van der Waals surface area contributed by atoms with Crippen molar-refractivity contribution in [3.05, 3.63) is 12.2 Å². The lowest BCUT2D eigenvalue weighted by atomic mass is 10.1. The molecule has 1 heteroatoms. The first-order valence-electron chi connectivity index (χ1n) is 7.17. The van der Waals surface area contributed by atoms with E-state index in [1.165, 1.54) is 64.2 Å². The largest absolute Gasteiger partial charge is 0.392 e. The zero-order chi connectivity index (χ0) is 11.9. The van der Waals surface area contributed by atoms with Crippen molar-refractivity contribution in [1.82, 2.24) is 0 Å². The van der Waals surface area contributed by atoms with Gasteiger partial charge in [-0.1, -0.05) is 76.9 Å². The molecule has 0 aromatic rings. The van der Waals surface area contributed by atoms with Gasteiger partial charge < -0.3 is 5.11 Å². The molecule has 16 heavy (non-hydrogen) atoms. The van der Waals surface area contributed by atoms with E-state index in [4.69, 9.17) is 5.11 Å². The lowest BCUT2D eigenvalue weighted by molar-refractivity contribution is 0.342. The van der Waals surface area contributed by atoms with Crippen molar-refractivity contribution >= 4 is 0 Å². The summed E-state index contributed by atoms with van der Waals surface area (Å²) in [5.41, 5.74) is 0. The Bertz CT molecular complexity index is 140. The third-order valence-corrected chi connectivity index (χ3v) is 3.00. The van der Waals surface area contributed by atoms with Crippen LogP contribution in [-0.2, 0) is 0 Å². The van der Waals surface area contributed by atoms with E-state index in [-0.39, 0.29) is 6.61 Å². The maximum atomic E-state index is 8.54. The van der Waals surface area contributed by atoms with Crippen molar-refractivity contribution in [2.75, 3.05) is 6.61 Å². The Labute approximate surface area is 102 Å². The van der Waals surface area contributed by atoms with E-state index >= 15 is 0 Å². The summed E-state index contributed by atoms with van der Waals surface area (Å²) in [5.74, 6) is 0. The van der Waals surface area contributed by atoms with Crippen molar-refractivity contribution in [2.45, 2.75) is 77.6 Å². The van der Waals surface area contributed by atoms with Gasteiger partial charge in [-0.3, -0.25) is 0 Å². The second kappa shape index (κ2) is 14.7. The molecule has 0 aliphatic carbocycles. The van der Waals surface area contributed by atoms with E-state index in [1.807, 2.05) is 6.08 Å². The zero-order valence-electron chi connectivity index (χ0n) is 11.1. The summed E-state index contributed by atoms with van der Waals surface area (Å²) in [4.78, 5) is 0. The first-order valence-corrected chi connectivity index (χ1v) is 7.17. The number of hydrogen-bond donors (Lipinski definition) is 1. The Morgan fingerprint density at radius 1 is 0.688 bits per heavy atom. The summed E-state index contributed by atoms with van der Waals surface area (Å²) in [6.07, 6.45) is 19.0. The molecule has 0 fully saturated rings. The van der Waals surface area contributed by atoms with E-state index in [2.05, 4.69) is 13.0 Å². The summed E-state index contributed by atoms with van der Waals surface area (Å²) in [5, 5.41) is 8.54. The minimum Gasteiger partial charge on any atom is -0.392 e. The van der Waals surface area contributed by atoms with E-state index in [1.54, 1.807) is 0 Å². The lowest BCUT2D eigenvalue weighted by Crippen LogP contribution is -1.81. The highest BCUT2D eigenvalue weighted by Gasteiger charge is 1.91. The highest BCUT2D eigenvalue weighted by atomic mass is 16.2. The number of rotatable bonds is 12. The molecule has 0 atom stereocenters. The normalized spacial score (nSPS) is 11.4. The molecule has 1 nitrogen and oxygen atoms in total. The maximum Gasteiger partial charge on any atom is 0.0612 e. The minimum absolute atomic E-state index is 0.192. The minimum atomic E-state index is 0.192. The molecule has 0 aliphatic rings. The molecule has 0 aromatic carbocycles. The van der Waals surface area contributed by atoms with Crippen LogP contribution in [0.3, 0.4) is 0 Å². The van der Waals surface area contributed by atoms with Crippen LogP contribution in [0.1, 0.15) is 77.6 Å². The van der Waals surface area contributed by atoms with E-state index in [0.717, 1.165) is 6.42 Å². The van der Waals surface area contributed by atoms with E-state index < -0.39 is 0 Å². The Morgan fingerprint density at radius 2 is 1.19 bits per heavy atom. The Hall–Kier alpha value is -0.300. The Morgan fingerprint density at radius 3 is 1.69 bits per heavy atom. The predicted molar refractivity (Wildman–Crippen MR) is 72.7 cm³/mol. The maximum absolute atomic E-state index is 8.54. The highest BCUT2D eigenvalue weighted by Crippen LogP contribution is 2.11. The van der Waals surface area contributed by atoms with Crippen LogP contribution in [0.2, 0.25) is 0 Å². The molecule has 0 amide bonds. The summed E-state index contributed by atoms with van der Waals surface area (Å²) < 4.78 is 0. The van der Waals surface area contributed by atoms with Crippen molar-refractivity contribution < 1.29 is 5.11 Å². The summed E-state index contributed by atoms with van der Waals surface area (Å²) in [7, 11) is 0. The molecule has 0 saturated carbocycles. The highest BCUT2D eigenvalue weighted by molar-refractivity contribution is 4.80. The average molecular weight is 226 g/mol. The van der Waals surface area contributed by atoms with Gasteiger partial charge in [-0.2, -0.15) is 0 Å². The quantitative estimate of drug-likeness (QED) is 0.373. The van der Waals surface area contributed by atoms with Crippen LogP contribution < -0.4 is 0 Å². The van der Waals surface area contributed by atoms with Gasteiger partial charge in [-0.25, -0.2) is 0 Å². The first-order chi connectivity index (χ1) is 7.91. The molecule has 96 valence electrons. The Kier molecular flexibility index (Phi) is 14.4. The molecule has 0 heterocycles. The molecular formula is C15H30O. The van der Waals surface area contributed by atoms with Crippen molar-refractivity contribution in [1.29, 1.82) is 0 Å². The van der Waals surface area contributed by atoms with E-state index in [9.17, 15) is 0 Å². The van der Waals surface area contributed by atoms with Gasteiger partial charge in [0.2, 0.25) is 0 Å². The van der Waals surface area contributed by atoms with Crippen LogP contribution in [0.4, 0.5) is 0 Å². The summed E-state index contributed by atoms with van der Waals surface area (Å²) >= 11 is 0. The van der Waals surface area contributed by atoms with Crippen LogP contribution in [0.15, 0.2) is 12.2 Å². The van der Waals surface area contributed by atoms with Crippen LogP contribution in [-0.4, -0.2) is 11.7 Å². The van der Waals surface area contributed by atoms with Gasteiger partial charge in [0, 0.05) is 0 Å². The van der Waals surface area contributed by atoms with Crippen LogP contribution in [0, 0.1) is 0 Å². The fourth-order valence-corrected chi connectivity index (χ4v) is 1.94. The van der Waals surface area contributed by atoms with Gasteiger partial charge in [0.05, 0.1) is 6.61 Å². The second-order valence-electron chi connectivity index (χ2n) is 4.62. The van der Waals surface area contributed by atoms with Gasteiger partial charge in [-0.05, 0) is 12.8 Å². The van der Waals surface area contributed by atoms with Crippen molar-refractivity contribution in [3.8, 4) is 0 Å². The molecule has 0 unspecified atom stereocenters. The van der Waals surface area contributed by atoms with Gasteiger partial charge in [0.1, 0.15) is 0 Å². The van der Waals surface area contributed by atoms with E-state index in [0.29, 0.717) is 0 Å². The molecule has 0 saturated heterocycles. The third-order valence-electron chi connectivity index (χ3n) is 3.00. The standard InChI is InChI=1S/C15H30O/c1-2-3-4-5-6-7-8-9-10-11-12-13-14-15-16/h13-14,16H,2-12,15H2,1H3/b14-13+.